The van der Waals surface area contributed by atoms with E-state index in [0.717, 1.165) is 44.5 Å². The molecule has 0 bridgehead atoms. The molecule has 0 amide bonds. The third kappa shape index (κ3) is 4.29. The van der Waals surface area contributed by atoms with E-state index in [9.17, 15) is 0 Å². The number of amidine groups is 1. The molecule has 2 atom stereocenters. The highest BCUT2D eigenvalue weighted by Gasteiger charge is 2.25. The van der Waals surface area contributed by atoms with Gasteiger partial charge in [-0.1, -0.05) is 103 Å². The normalized spacial score (nSPS) is 16.9. The van der Waals surface area contributed by atoms with Crippen LogP contribution in [0.5, 0.6) is 0 Å². The highest BCUT2D eigenvalue weighted by atomic mass is 32.1. The zero-order valence-corrected chi connectivity index (χ0v) is 24.5. The minimum absolute atomic E-state index is 0.0823. The second kappa shape index (κ2) is 10.2. The van der Waals surface area contributed by atoms with Crippen LogP contribution in [0.15, 0.2) is 149 Å². The summed E-state index contributed by atoms with van der Waals surface area (Å²) in [5.74, 6) is 0.839. The zero-order valence-electron chi connectivity index (χ0n) is 23.7. The molecule has 2 unspecified atom stereocenters. The van der Waals surface area contributed by atoms with Gasteiger partial charge in [0.05, 0.1) is 0 Å². The van der Waals surface area contributed by atoms with Gasteiger partial charge in [0.15, 0.2) is 0 Å². The second-order valence-electron chi connectivity index (χ2n) is 11.3. The maximum absolute atomic E-state index is 6.41. The zero-order chi connectivity index (χ0) is 29.0. The summed E-state index contributed by atoms with van der Waals surface area (Å²) in [6.07, 6.45) is -0.258. The summed E-state index contributed by atoms with van der Waals surface area (Å²) in [4.78, 5) is 5.11. The fourth-order valence-electron chi connectivity index (χ4n) is 6.34. The first-order valence-electron chi connectivity index (χ1n) is 14.9. The Morgan fingerprint density at radius 1 is 0.523 bits per heavy atom. The number of benzene rings is 6. The van der Waals surface area contributed by atoms with Gasteiger partial charge in [-0.3, -0.25) is 5.32 Å². The Bertz CT molecular complexity index is 2350. The van der Waals surface area contributed by atoms with Crippen molar-refractivity contribution in [1.82, 2.24) is 10.6 Å². The standard InChI is InChI=1S/C39H27N3OS/c1-3-9-24(10-4-1)37-40-38(25-11-5-2-6-12-25)42-39(41-37)28-16-18-29-32-21-26(17-20-33(32)43-34(29)22-28)27-15-19-31-30-13-7-8-14-35(30)44-36(31)23-27/h1-23,37-38,40H,(H,41,42). The summed E-state index contributed by atoms with van der Waals surface area (Å²) in [5.41, 5.74) is 7.41. The van der Waals surface area contributed by atoms with Crippen LogP contribution in [0.2, 0.25) is 0 Å². The number of thiophene rings is 1. The van der Waals surface area contributed by atoms with E-state index in [0.29, 0.717) is 0 Å². The molecule has 0 spiro atoms. The minimum Gasteiger partial charge on any atom is -0.456 e. The lowest BCUT2D eigenvalue weighted by Gasteiger charge is -2.32. The highest BCUT2D eigenvalue weighted by molar-refractivity contribution is 7.25. The number of hydrogen-bond donors (Lipinski definition) is 2. The number of hydrogen-bond acceptors (Lipinski definition) is 5. The van der Waals surface area contributed by atoms with Crippen molar-refractivity contribution in [3.05, 3.63) is 156 Å². The second-order valence-corrected chi connectivity index (χ2v) is 12.4. The topological polar surface area (TPSA) is 49.6 Å². The van der Waals surface area contributed by atoms with Gasteiger partial charge < -0.3 is 9.73 Å². The molecule has 2 N–H and O–H groups in total. The van der Waals surface area contributed by atoms with Gasteiger partial charge in [-0.15, -0.1) is 11.3 Å². The van der Waals surface area contributed by atoms with Crippen molar-refractivity contribution in [3.8, 4) is 11.1 Å². The van der Waals surface area contributed by atoms with Crippen molar-refractivity contribution in [2.45, 2.75) is 12.3 Å². The van der Waals surface area contributed by atoms with Gasteiger partial charge in [0.2, 0.25) is 0 Å². The number of nitrogens with one attached hydrogen (secondary N) is 2. The van der Waals surface area contributed by atoms with E-state index in [1.807, 2.05) is 23.5 Å². The van der Waals surface area contributed by atoms with Crippen LogP contribution in [0.4, 0.5) is 0 Å². The van der Waals surface area contributed by atoms with Gasteiger partial charge in [0.1, 0.15) is 29.3 Å². The quantitative estimate of drug-likeness (QED) is 0.216. The third-order valence-electron chi connectivity index (χ3n) is 8.57. The van der Waals surface area contributed by atoms with E-state index in [-0.39, 0.29) is 12.3 Å². The molecule has 0 fully saturated rings. The summed E-state index contributed by atoms with van der Waals surface area (Å²) < 4.78 is 9.04. The lowest BCUT2D eigenvalue weighted by molar-refractivity contribution is 0.409. The number of fused-ring (bicyclic) bond motifs is 6. The molecule has 9 rings (SSSR count). The van der Waals surface area contributed by atoms with Crippen LogP contribution < -0.4 is 10.6 Å². The van der Waals surface area contributed by atoms with E-state index in [2.05, 4.69) is 138 Å². The predicted octanol–water partition coefficient (Wildman–Crippen LogP) is 9.96. The van der Waals surface area contributed by atoms with Gasteiger partial charge in [0.25, 0.3) is 0 Å². The number of furan rings is 1. The van der Waals surface area contributed by atoms with Crippen molar-refractivity contribution in [1.29, 1.82) is 0 Å². The van der Waals surface area contributed by atoms with Crippen molar-refractivity contribution in [2.75, 3.05) is 0 Å². The van der Waals surface area contributed by atoms with Gasteiger partial charge in [0, 0.05) is 36.5 Å². The van der Waals surface area contributed by atoms with Crippen molar-refractivity contribution in [3.63, 3.8) is 0 Å². The fraction of sp³-hybridized carbons (Fsp3) is 0.0513. The summed E-state index contributed by atoms with van der Waals surface area (Å²) in [6, 6.07) is 49.2. The van der Waals surface area contributed by atoms with Gasteiger partial charge in [-0.05, 0) is 58.7 Å². The third-order valence-corrected chi connectivity index (χ3v) is 9.70. The monoisotopic (exact) mass is 585 g/mol. The smallest absolute Gasteiger partial charge is 0.136 e. The van der Waals surface area contributed by atoms with Crippen molar-refractivity contribution >= 4 is 59.3 Å². The lowest BCUT2D eigenvalue weighted by Crippen LogP contribution is -2.44. The van der Waals surface area contributed by atoms with Crippen LogP contribution in [-0.2, 0) is 0 Å². The molecule has 0 saturated carbocycles. The molecule has 1 aliphatic rings. The molecule has 0 radical (unpaired) electrons. The number of nitrogens with zero attached hydrogens (tertiary/aromatic N) is 1. The minimum atomic E-state index is -0.176. The van der Waals surface area contributed by atoms with Gasteiger partial charge in [-0.2, -0.15) is 0 Å². The Morgan fingerprint density at radius 2 is 1.20 bits per heavy atom. The molecule has 0 saturated heterocycles. The lowest BCUT2D eigenvalue weighted by atomic mass is 10.0. The largest absolute Gasteiger partial charge is 0.456 e. The number of rotatable bonds is 4. The molecular weight excluding hydrogens is 559 g/mol. The van der Waals surface area contributed by atoms with Crippen LogP contribution in [0.3, 0.4) is 0 Å². The Balaban J connectivity index is 1.10. The van der Waals surface area contributed by atoms with Gasteiger partial charge in [-0.25, -0.2) is 4.99 Å². The van der Waals surface area contributed by atoms with Crippen molar-refractivity contribution < 1.29 is 4.42 Å². The van der Waals surface area contributed by atoms with E-state index in [1.165, 1.54) is 31.3 Å². The van der Waals surface area contributed by atoms with Crippen LogP contribution >= 0.6 is 11.3 Å². The first-order chi connectivity index (χ1) is 21.8. The molecule has 2 aromatic heterocycles. The van der Waals surface area contributed by atoms with Gasteiger partial charge >= 0.3 is 0 Å². The Kier molecular flexibility index (Phi) is 5.86. The summed E-state index contributed by atoms with van der Waals surface area (Å²) in [6.45, 7) is 0. The highest BCUT2D eigenvalue weighted by Crippen LogP contribution is 2.38. The van der Waals surface area contributed by atoms with Crippen LogP contribution in [0.25, 0.3) is 53.2 Å². The van der Waals surface area contributed by atoms with Crippen LogP contribution in [0.1, 0.15) is 29.0 Å². The average molecular weight is 586 g/mol. The molecule has 6 aromatic carbocycles. The average Bonchev–Trinajstić information content (AvgIpc) is 3.66. The predicted molar refractivity (Wildman–Crippen MR) is 183 cm³/mol. The van der Waals surface area contributed by atoms with E-state index in [1.54, 1.807) is 0 Å². The molecular formula is C39H27N3OS. The SMILES string of the molecule is c1ccc(C2N=C(c3ccc4c(c3)oc3ccc(-c5ccc6c(c5)sc5ccccc56)cc34)NC(c3ccccc3)N2)cc1. The maximum atomic E-state index is 6.41. The fourth-order valence-corrected chi connectivity index (χ4v) is 7.48. The molecule has 0 aliphatic carbocycles. The van der Waals surface area contributed by atoms with Crippen LogP contribution in [0, 0.1) is 0 Å². The molecule has 8 aromatic rings. The summed E-state index contributed by atoms with van der Waals surface area (Å²) in [7, 11) is 0. The molecule has 1 aliphatic heterocycles. The van der Waals surface area contributed by atoms with E-state index >= 15 is 0 Å². The van der Waals surface area contributed by atoms with E-state index in [4.69, 9.17) is 9.41 Å². The van der Waals surface area contributed by atoms with E-state index < -0.39 is 0 Å². The Hall–Kier alpha value is -5.23. The summed E-state index contributed by atoms with van der Waals surface area (Å²) in [5, 5.41) is 12.2. The molecule has 3 heterocycles. The Morgan fingerprint density at radius 3 is 2.07 bits per heavy atom. The Labute approximate surface area is 258 Å². The molecule has 44 heavy (non-hydrogen) atoms. The van der Waals surface area contributed by atoms with Crippen molar-refractivity contribution in [2.24, 2.45) is 4.99 Å². The molecule has 210 valence electrons. The summed E-state index contributed by atoms with van der Waals surface area (Å²) >= 11 is 1.85. The first kappa shape index (κ1) is 25.3. The first-order valence-corrected chi connectivity index (χ1v) is 15.7. The maximum Gasteiger partial charge on any atom is 0.136 e. The molecule has 4 nitrogen and oxygen atoms in total. The molecule has 5 heteroatoms. The number of aliphatic imine (C=N–C) groups is 1. The van der Waals surface area contributed by atoms with Crippen LogP contribution in [-0.4, -0.2) is 5.84 Å².